The Morgan fingerprint density at radius 2 is 1.82 bits per heavy atom. The second-order valence-corrected chi connectivity index (χ2v) is 7.67. The third-order valence-corrected chi connectivity index (χ3v) is 5.21. The van der Waals surface area contributed by atoms with E-state index in [4.69, 9.17) is 25.5 Å². The number of aliphatic hydroxyl groups is 1. The van der Waals surface area contributed by atoms with E-state index in [1.54, 1.807) is 4.72 Å². The normalized spacial score (nSPS) is 16.3. The van der Waals surface area contributed by atoms with Crippen LogP contribution >= 0.6 is 0 Å². The van der Waals surface area contributed by atoms with Crippen molar-refractivity contribution >= 4 is 22.1 Å². The standard InChI is InChI=1S/C14H25N5O8S/c1-3-7(2)11(15)13-17-16-12(27-13)8(4-5-10(21)22)18-28(25,26)19-9(6-20)14(23)24/h7-9,11,18-20H,3-6,15H2,1-2H3,(H,21,22)(H,23,24)/t7?,8-,9-,11?/m0/s1. The molecule has 7 N–H and O–H groups in total. The molecular formula is C14H25N5O8S. The van der Waals surface area contributed by atoms with Crippen molar-refractivity contribution in [3.63, 3.8) is 0 Å². The number of aliphatic carboxylic acids is 2. The Hall–Kier alpha value is -2.13. The molecule has 0 radical (unpaired) electrons. The molecule has 0 bridgehead atoms. The van der Waals surface area contributed by atoms with E-state index in [0.29, 0.717) is 0 Å². The Labute approximate surface area is 161 Å². The Bertz CT molecular complexity index is 768. The molecule has 0 spiro atoms. The lowest BCUT2D eigenvalue weighted by molar-refractivity contribution is -0.140. The first-order chi connectivity index (χ1) is 13.0. The number of carboxylic acids is 2. The van der Waals surface area contributed by atoms with Gasteiger partial charge in [-0.25, -0.2) is 0 Å². The van der Waals surface area contributed by atoms with Crippen LogP contribution in [0, 0.1) is 5.92 Å². The fourth-order valence-electron chi connectivity index (χ4n) is 2.09. The molecule has 1 heterocycles. The average molecular weight is 423 g/mol. The van der Waals surface area contributed by atoms with Crippen molar-refractivity contribution in [1.82, 2.24) is 19.6 Å². The van der Waals surface area contributed by atoms with E-state index in [9.17, 15) is 18.0 Å². The fraction of sp³-hybridized carbons (Fsp3) is 0.714. The number of aromatic nitrogens is 2. The minimum absolute atomic E-state index is 0.00464. The highest BCUT2D eigenvalue weighted by Gasteiger charge is 2.30. The molecular weight excluding hydrogens is 398 g/mol. The van der Waals surface area contributed by atoms with Crippen molar-refractivity contribution in [3.8, 4) is 0 Å². The van der Waals surface area contributed by atoms with E-state index in [2.05, 4.69) is 14.9 Å². The van der Waals surface area contributed by atoms with Crippen molar-refractivity contribution in [2.75, 3.05) is 6.61 Å². The van der Waals surface area contributed by atoms with Gasteiger partial charge >= 0.3 is 11.9 Å². The highest BCUT2D eigenvalue weighted by Crippen LogP contribution is 2.24. The summed E-state index contributed by atoms with van der Waals surface area (Å²) >= 11 is 0. The van der Waals surface area contributed by atoms with Crippen LogP contribution < -0.4 is 15.2 Å². The number of carbonyl (C=O) groups is 2. The van der Waals surface area contributed by atoms with E-state index in [0.717, 1.165) is 6.42 Å². The highest BCUT2D eigenvalue weighted by molar-refractivity contribution is 7.87. The molecule has 13 nitrogen and oxygen atoms in total. The minimum Gasteiger partial charge on any atom is -0.481 e. The first kappa shape index (κ1) is 23.9. The van der Waals surface area contributed by atoms with Gasteiger partial charge in [-0.1, -0.05) is 20.3 Å². The lowest BCUT2D eigenvalue weighted by atomic mass is 10.0. The van der Waals surface area contributed by atoms with Crippen LogP contribution in [0.25, 0.3) is 0 Å². The van der Waals surface area contributed by atoms with Crippen molar-refractivity contribution in [2.24, 2.45) is 11.7 Å². The maximum atomic E-state index is 12.2. The predicted octanol–water partition coefficient (Wildman–Crippen LogP) is -1.11. The quantitative estimate of drug-likeness (QED) is 0.223. The Kier molecular flexibility index (Phi) is 8.90. The van der Waals surface area contributed by atoms with Gasteiger partial charge in [0.05, 0.1) is 12.6 Å². The highest BCUT2D eigenvalue weighted by atomic mass is 32.2. The summed E-state index contributed by atoms with van der Waals surface area (Å²) < 4.78 is 33.6. The number of rotatable bonds is 13. The summed E-state index contributed by atoms with van der Waals surface area (Å²) in [6.07, 6.45) is 0.0631. The molecule has 0 fully saturated rings. The molecule has 0 amide bonds. The van der Waals surface area contributed by atoms with Crippen molar-refractivity contribution in [1.29, 1.82) is 0 Å². The molecule has 14 heteroatoms. The molecule has 0 aliphatic carbocycles. The molecule has 0 aromatic carbocycles. The first-order valence-corrected chi connectivity index (χ1v) is 9.92. The number of hydrogen-bond acceptors (Lipinski definition) is 9. The second-order valence-electron chi connectivity index (χ2n) is 6.19. The summed E-state index contributed by atoms with van der Waals surface area (Å²) in [5, 5.41) is 34.2. The van der Waals surface area contributed by atoms with Gasteiger partial charge in [0.2, 0.25) is 11.8 Å². The van der Waals surface area contributed by atoms with E-state index >= 15 is 0 Å². The molecule has 0 aliphatic heterocycles. The lowest BCUT2D eigenvalue weighted by Gasteiger charge is -2.18. The zero-order chi connectivity index (χ0) is 21.5. The zero-order valence-electron chi connectivity index (χ0n) is 15.4. The summed E-state index contributed by atoms with van der Waals surface area (Å²) in [6, 6.07) is -3.62. The van der Waals surface area contributed by atoms with Crippen LogP contribution in [0.2, 0.25) is 0 Å². The van der Waals surface area contributed by atoms with Gasteiger partial charge in [-0.05, 0) is 12.3 Å². The number of nitrogens with one attached hydrogen (secondary N) is 2. The van der Waals surface area contributed by atoms with Gasteiger partial charge in [0.1, 0.15) is 12.1 Å². The van der Waals surface area contributed by atoms with Crippen LogP contribution in [-0.2, 0) is 19.8 Å². The van der Waals surface area contributed by atoms with Crippen molar-refractivity contribution in [2.45, 2.75) is 51.2 Å². The fourth-order valence-corrected chi connectivity index (χ4v) is 3.31. The van der Waals surface area contributed by atoms with Gasteiger partial charge in [-0.15, -0.1) is 10.2 Å². The van der Waals surface area contributed by atoms with Gasteiger partial charge in [-0.3, -0.25) is 9.59 Å². The molecule has 160 valence electrons. The molecule has 1 aromatic rings. The van der Waals surface area contributed by atoms with Gasteiger partial charge in [-0.2, -0.15) is 17.9 Å². The summed E-state index contributed by atoms with van der Waals surface area (Å²) in [6.45, 7) is 2.80. The van der Waals surface area contributed by atoms with E-state index < -0.39 is 53.3 Å². The second kappa shape index (κ2) is 10.4. The van der Waals surface area contributed by atoms with Crippen molar-refractivity contribution < 1.29 is 37.7 Å². The van der Waals surface area contributed by atoms with Crippen LogP contribution in [0.3, 0.4) is 0 Å². The number of carboxylic acid groups (broad SMARTS) is 2. The smallest absolute Gasteiger partial charge is 0.324 e. The lowest BCUT2D eigenvalue weighted by Crippen LogP contribution is -2.49. The minimum atomic E-state index is -4.46. The van der Waals surface area contributed by atoms with E-state index in [1.165, 1.54) is 0 Å². The van der Waals surface area contributed by atoms with Crippen LogP contribution in [0.5, 0.6) is 0 Å². The molecule has 0 aliphatic rings. The van der Waals surface area contributed by atoms with Crippen LogP contribution in [0.4, 0.5) is 0 Å². The maximum absolute atomic E-state index is 12.2. The molecule has 4 atom stereocenters. The van der Waals surface area contributed by atoms with Gasteiger partial charge < -0.3 is 25.5 Å². The van der Waals surface area contributed by atoms with Crippen LogP contribution in [-0.4, -0.2) is 58.5 Å². The first-order valence-electron chi connectivity index (χ1n) is 8.44. The largest absolute Gasteiger partial charge is 0.481 e. The summed E-state index contributed by atoms with van der Waals surface area (Å²) in [4.78, 5) is 21.8. The summed E-state index contributed by atoms with van der Waals surface area (Å²) in [5.41, 5.74) is 5.99. The van der Waals surface area contributed by atoms with E-state index in [-0.39, 0.29) is 24.1 Å². The Balaban J connectivity index is 3.05. The molecule has 28 heavy (non-hydrogen) atoms. The third kappa shape index (κ3) is 7.12. The number of nitrogens with two attached hydrogens (primary N) is 1. The van der Waals surface area contributed by atoms with Gasteiger partial charge in [0, 0.05) is 6.42 Å². The maximum Gasteiger partial charge on any atom is 0.324 e. The van der Waals surface area contributed by atoms with E-state index in [1.807, 2.05) is 13.8 Å². The zero-order valence-corrected chi connectivity index (χ0v) is 16.2. The predicted molar refractivity (Wildman–Crippen MR) is 94.0 cm³/mol. The Morgan fingerprint density at radius 3 is 2.32 bits per heavy atom. The van der Waals surface area contributed by atoms with Crippen LogP contribution in [0.15, 0.2) is 4.42 Å². The van der Waals surface area contributed by atoms with Gasteiger partial charge in [0.25, 0.3) is 10.2 Å². The molecule has 0 saturated carbocycles. The molecule has 1 rings (SSSR count). The topological polar surface area (TPSA) is 218 Å². The third-order valence-electron chi connectivity index (χ3n) is 4.02. The monoisotopic (exact) mass is 423 g/mol. The average Bonchev–Trinajstić information content (AvgIpc) is 3.11. The SMILES string of the molecule is CCC(C)C(N)c1nnc([C@H](CCC(=O)O)NS(=O)(=O)N[C@@H](CO)C(=O)O)o1. The summed E-state index contributed by atoms with van der Waals surface area (Å²) in [5.74, 6) is -2.92. The summed E-state index contributed by atoms with van der Waals surface area (Å²) in [7, 11) is -4.46. The molecule has 0 saturated heterocycles. The Morgan fingerprint density at radius 1 is 1.21 bits per heavy atom. The van der Waals surface area contributed by atoms with Crippen LogP contribution in [0.1, 0.15) is 57.0 Å². The molecule has 1 aromatic heterocycles. The number of hydrogen-bond donors (Lipinski definition) is 6. The number of nitrogens with zero attached hydrogens (tertiary/aromatic N) is 2. The molecule has 2 unspecified atom stereocenters. The van der Waals surface area contributed by atoms with Crippen molar-refractivity contribution in [3.05, 3.63) is 11.8 Å². The van der Waals surface area contributed by atoms with Gasteiger partial charge in [0.15, 0.2) is 0 Å². The number of aliphatic hydroxyl groups excluding tert-OH is 1.